The summed E-state index contributed by atoms with van der Waals surface area (Å²) in [6.45, 7) is 2.99. The fourth-order valence-corrected chi connectivity index (χ4v) is 4.49. The number of hydrogen-bond donors (Lipinski definition) is 3. The highest BCUT2D eigenvalue weighted by Crippen LogP contribution is 2.67. The summed E-state index contributed by atoms with van der Waals surface area (Å²) in [7, 11) is 0. The number of halogens is 2. The lowest BCUT2D eigenvalue weighted by Crippen LogP contribution is -2.78. The lowest BCUT2D eigenvalue weighted by molar-refractivity contribution is -0.184. The van der Waals surface area contributed by atoms with Crippen molar-refractivity contribution in [3.8, 4) is 5.75 Å². The zero-order valence-corrected chi connectivity index (χ0v) is 16.3. The van der Waals surface area contributed by atoms with E-state index in [2.05, 4.69) is 16.0 Å². The summed E-state index contributed by atoms with van der Waals surface area (Å²) in [6, 6.07) is 4.02. The molecule has 3 aliphatic carbocycles. The third-order valence-electron chi connectivity index (χ3n) is 5.66. The quantitative estimate of drug-likeness (QED) is 0.630. The summed E-state index contributed by atoms with van der Waals surface area (Å²) < 4.78 is 24.3. The van der Waals surface area contributed by atoms with E-state index in [-0.39, 0.29) is 52.5 Å². The van der Waals surface area contributed by atoms with Gasteiger partial charge in [-0.05, 0) is 38.3 Å². The van der Waals surface area contributed by atoms with E-state index in [0.29, 0.717) is 25.8 Å². The highest BCUT2D eigenvalue weighted by Gasteiger charge is 2.72. The van der Waals surface area contributed by atoms with Gasteiger partial charge in [-0.2, -0.15) is 0 Å². The summed E-state index contributed by atoms with van der Waals surface area (Å²) in [5.74, 6) is -0.634. The molecule has 1 aromatic rings. The van der Waals surface area contributed by atoms with Gasteiger partial charge in [0.15, 0.2) is 6.61 Å². The van der Waals surface area contributed by atoms with Crippen LogP contribution in [0, 0.1) is 11.2 Å². The Balaban J connectivity index is 1.18. The van der Waals surface area contributed by atoms with Crippen molar-refractivity contribution in [1.82, 2.24) is 16.0 Å². The second-order valence-corrected chi connectivity index (χ2v) is 8.46. The van der Waals surface area contributed by atoms with Crippen molar-refractivity contribution in [3.63, 3.8) is 0 Å². The molecule has 9 heteroatoms. The normalized spacial score (nSPS) is 32.8. The van der Waals surface area contributed by atoms with E-state index in [1.165, 1.54) is 12.1 Å². The molecule has 0 aromatic heterocycles. The van der Waals surface area contributed by atoms with Crippen LogP contribution in [0.4, 0.5) is 4.39 Å². The average molecular weight is 412 g/mol. The minimum atomic E-state index is -0.598. The molecule has 3 N–H and O–H groups in total. The van der Waals surface area contributed by atoms with Crippen molar-refractivity contribution in [2.24, 2.45) is 5.41 Å². The molecule has 1 aromatic carbocycles. The van der Waals surface area contributed by atoms with Gasteiger partial charge in [0.1, 0.15) is 17.8 Å². The number of amides is 2. The van der Waals surface area contributed by atoms with Crippen LogP contribution in [0.1, 0.15) is 26.2 Å². The Kier molecular flexibility index (Phi) is 4.97. The van der Waals surface area contributed by atoms with Gasteiger partial charge < -0.3 is 20.1 Å². The predicted octanol–water partition coefficient (Wildman–Crippen LogP) is 1.35. The van der Waals surface area contributed by atoms with Crippen LogP contribution < -0.4 is 20.7 Å². The van der Waals surface area contributed by atoms with Crippen LogP contribution in [-0.4, -0.2) is 49.4 Å². The maximum Gasteiger partial charge on any atom is 0.258 e. The van der Waals surface area contributed by atoms with Crippen molar-refractivity contribution in [1.29, 1.82) is 0 Å². The minimum absolute atomic E-state index is 0.000899. The van der Waals surface area contributed by atoms with E-state index in [1.807, 2.05) is 6.92 Å². The Bertz CT molecular complexity index is 786. The van der Waals surface area contributed by atoms with Crippen LogP contribution in [0.2, 0.25) is 5.02 Å². The first kappa shape index (κ1) is 19.4. The SMILES string of the molecule is CC1CNC(CNC(=O)C23CC(NC(=O)COc4ccc(Cl)c(F)c4)(C2)C3)O1. The van der Waals surface area contributed by atoms with Crippen molar-refractivity contribution in [2.45, 2.75) is 44.1 Å². The van der Waals surface area contributed by atoms with Crippen LogP contribution in [0.3, 0.4) is 0 Å². The average Bonchev–Trinajstić information content (AvgIpc) is 3.01. The molecule has 1 aliphatic heterocycles. The number of nitrogens with one attached hydrogen (secondary N) is 3. The van der Waals surface area contributed by atoms with Gasteiger partial charge in [-0.1, -0.05) is 11.6 Å². The zero-order valence-electron chi connectivity index (χ0n) is 15.5. The maximum atomic E-state index is 13.4. The van der Waals surface area contributed by atoms with E-state index < -0.39 is 5.82 Å². The molecule has 3 saturated carbocycles. The third-order valence-corrected chi connectivity index (χ3v) is 5.96. The molecular weight excluding hydrogens is 389 g/mol. The predicted molar refractivity (Wildman–Crippen MR) is 99.4 cm³/mol. The van der Waals surface area contributed by atoms with E-state index >= 15 is 0 Å². The largest absolute Gasteiger partial charge is 0.484 e. The van der Waals surface area contributed by atoms with Crippen molar-refractivity contribution in [2.75, 3.05) is 19.7 Å². The molecule has 0 spiro atoms. The van der Waals surface area contributed by atoms with Gasteiger partial charge in [-0.25, -0.2) is 4.39 Å². The summed E-state index contributed by atoms with van der Waals surface area (Å²) >= 11 is 5.61. The second-order valence-electron chi connectivity index (χ2n) is 8.06. The zero-order chi connectivity index (χ0) is 19.9. The number of benzene rings is 1. The highest BCUT2D eigenvalue weighted by atomic mass is 35.5. The molecule has 2 amide bonds. The molecule has 4 fully saturated rings. The standard InChI is InChI=1S/C19H23ClFN3O4/c1-11-5-22-16(28-11)6-23-17(26)18-8-19(9-18,10-18)24-15(25)7-27-12-2-3-13(20)14(21)4-12/h2-4,11,16,22H,5-10H2,1H3,(H,23,26)(H,24,25). The Morgan fingerprint density at radius 3 is 2.79 bits per heavy atom. The van der Waals surface area contributed by atoms with E-state index in [4.69, 9.17) is 21.1 Å². The van der Waals surface area contributed by atoms with Gasteiger partial charge in [0, 0.05) is 18.2 Å². The van der Waals surface area contributed by atoms with E-state index in [9.17, 15) is 14.0 Å². The van der Waals surface area contributed by atoms with Gasteiger partial charge in [0.05, 0.1) is 23.1 Å². The lowest BCUT2D eigenvalue weighted by Gasteiger charge is -2.69. The van der Waals surface area contributed by atoms with E-state index in [0.717, 1.165) is 12.6 Å². The van der Waals surface area contributed by atoms with Gasteiger partial charge in [0.25, 0.3) is 5.91 Å². The molecule has 1 saturated heterocycles. The third kappa shape index (κ3) is 3.68. The van der Waals surface area contributed by atoms with Crippen LogP contribution in [0.25, 0.3) is 0 Å². The van der Waals surface area contributed by atoms with Gasteiger partial charge in [-0.3, -0.25) is 14.9 Å². The number of hydrogen-bond acceptors (Lipinski definition) is 5. The molecular formula is C19H23ClFN3O4. The molecule has 2 bridgehead atoms. The fraction of sp³-hybridized carbons (Fsp3) is 0.579. The molecule has 4 aliphatic rings. The topological polar surface area (TPSA) is 88.7 Å². The molecule has 28 heavy (non-hydrogen) atoms. The minimum Gasteiger partial charge on any atom is -0.484 e. The summed E-state index contributed by atoms with van der Waals surface area (Å²) in [5, 5.41) is 9.07. The summed E-state index contributed by atoms with van der Waals surface area (Å²) in [4.78, 5) is 24.6. The number of carbonyl (C=O) groups is 2. The molecule has 2 unspecified atom stereocenters. The Labute approximate surface area is 167 Å². The number of rotatable bonds is 7. The first-order valence-electron chi connectivity index (χ1n) is 9.35. The Morgan fingerprint density at radius 2 is 2.14 bits per heavy atom. The van der Waals surface area contributed by atoms with Gasteiger partial charge in [-0.15, -0.1) is 0 Å². The first-order chi connectivity index (χ1) is 13.3. The van der Waals surface area contributed by atoms with Crippen molar-refractivity contribution >= 4 is 23.4 Å². The van der Waals surface area contributed by atoms with Crippen LogP contribution in [0.5, 0.6) is 5.75 Å². The molecule has 0 radical (unpaired) electrons. The first-order valence-corrected chi connectivity index (χ1v) is 9.73. The number of ether oxygens (including phenoxy) is 2. The van der Waals surface area contributed by atoms with Crippen LogP contribution in [-0.2, 0) is 14.3 Å². The number of carbonyl (C=O) groups excluding carboxylic acids is 2. The molecule has 2 atom stereocenters. The Hall–Kier alpha value is -1.90. The van der Waals surface area contributed by atoms with Crippen LogP contribution in [0.15, 0.2) is 18.2 Å². The van der Waals surface area contributed by atoms with E-state index in [1.54, 1.807) is 0 Å². The fourth-order valence-electron chi connectivity index (χ4n) is 4.38. The lowest BCUT2D eigenvalue weighted by atomic mass is 9.39. The molecule has 1 heterocycles. The van der Waals surface area contributed by atoms with Gasteiger partial charge >= 0.3 is 0 Å². The van der Waals surface area contributed by atoms with Crippen molar-refractivity contribution < 1.29 is 23.5 Å². The maximum absolute atomic E-state index is 13.4. The smallest absolute Gasteiger partial charge is 0.258 e. The molecule has 152 valence electrons. The van der Waals surface area contributed by atoms with Gasteiger partial charge in [0.2, 0.25) is 5.91 Å². The summed E-state index contributed by atoms with van der Waals surface area (Å²) in [6.07, 6.45) is 1.89. The van der Waals surface area contributed by atoms with Crippen LogP contribution >= 0.6 is 11.6 Å². The monoisotopic (exact) mass is 411 g/mol. The van der Waals surface area contributed by atoms with Crippen molar-refractivity contribution in [3.05, 3.63) is 29.0 Å². The summed E-state index contributed by atoms with van der Waals surface area (Å²) in [5.41, 5.74) is -0.697. The second kappa shape index (κ2) is 7.17. The Morgan fingerprint density at radius 1 is 1.39 bits per heavy atom. The highest BCUT2D eigenvalue weighted by molar-refractivity contribution is 6.30. The molecule has 7 nitrogen and oxygen atoms in total. The molecule has 5 rings (SSSR count).